The van der Waals surface area contributed by atoms with Gasteiger partial charge in [0, 0.05) is 12.5 Å². The van der Waals surface area contributed by atoms with Crippen LogP contribution >= 0.6 is 0 Å². The molecule has 0 radical (unpaired) electrons. The summed E-state index contributed by atoms with van der Waals surface area (Å²) >= 11 is 0. The molecule has 0 saturated heterocycles. The molecule has 2 aliphatic rings. The summed E-state index contributed by atoms with van der Waals surface area (Å²) in [7, 11) is 0. The normalized spacial score (nSPS) is 16.5. The Balaban J connectivity index is 1.37. The van der Waals surface area contributed by atoms with E-state index < -0.39 is 35.3 Å². The van der Waals surface area contributed by atoms with Crippen molar-refractivity contribution in [2.24, 2.45) is 17.3 Å². The molecule has 0 spiro atoms. The molecular formula is C28H34N2O5. The molecule has 0 aromatic heterocycles. The largest absolute Gasteiger partial charge is 0.481 e. The second-order valence-corrected chi connectivity index (χ2v) is 10.7. The maximum Gasteiger partial charge on any atom is 0.407 e. The van der Waals surface area contributed by atoms with Crippen molar-refractivity contribution < 1.29 is 24.2 Å². The Morgan fingerprint density at radius 2 is 1.57 bits per heavy atom. The number of alkyl carbamates (subject to hydrolysis) is 1. The number of carbonyl (C=O) groups is 3. The average molecular weight is 479 g/mol. The van der Waals surface area contributed by atoms with Crippen LogP contribution in [0.4, 0.5) is 4.79 Å². The fourth-order valence-electron chi connectivity index (χ4n) is 4.79. The Labute approximate surface area is 206 Å². The highest BCUT2D eigenvalue weighted by Gasteiger charge is 2.36. The summed E-state index contributed by atoms with van der Waals surface area (Å²) in [6.07, 6.45) is 1.99. The van der Waals surface area contributed by atoms with E-state index in [4.69, 9.17) is 4.74 Å². The van der Waals surface area contributed by atoms with Crippen LogP contribution in [0.15, 0.2) is 48.5 Å². The molecule has 186 valence electrons. The number of rotatable bonds is 9. The molecule has 2 aliphatic carbocycles. The van der Waals surface area contributed by atoms with Crippen LogP contribution < -0.4 is 10.6 Å². The first-order chi connectivity index (χ1) is 16.6. The first-order valence-corrected chi connectivity index (χ1v) is 12.3. The number of carbonyl (C=O) groups excluding carboxylic acids is 2. The van der Waals surface area contributed by atoms with Crippen molar-refractivity contribution in [3.8, 4) is 11.1 Å². The molecule has 1 fully saturated rings. The van der Waals surface area contributed by atoms with Crippen LogP contribution in [-0.4, -0.2) is 42.3 Å². The first-order valence-electron chi connectivity index (χ1n) is 12.3. The highest BCUT2D eigenvalue weighted by Crippen LogP contribution is 2.44. The number of hydrogen-bond donors (Lipinski definition) is 3. The molecule has 0 aliphatic heterocycles. The summed E-state index contributed by atoms with van der Waals surface area (Å²) in [5, 5.41) is 14.9. The molecule has 4 rings (SSSR count). The van der Waals surface area contributed by atoms with Gasteiger partial charge in [-0.05, 0) is 40.0 Å². The fraction of sp³-hybridized carbons (Fsp3) is 0.464. The van der Waals surface area contributed by atoms with Gasteiger partial charge in [-0.1, -0.05) is 82.1 Å². The van der Waals surface area contributed by atoms with Crippen molar-refractivity contribution in [3.05, 3.63) is 59.7 Å². The molecule has 1 saturated carbocycles. The van der Waals surface area contributed by atoms with Gasteiger partial charge < -0.3 is 20.5 Å². The number of nitrogens with one attached hydrogen (secondary N) is 2. The molecule has 7 nitrogen and oxygen atoms in total. The molecular weight excluding hydrogens is 444 g/mol. The molecule has 35 heavy (non-hydrogen) atoms. The maximum absolute atomic E-state index is 13.0. The average Bonchev–Trinajstić information content (AvgIpc) is 3.58. The molecule has 3 N–H and O–H groups in total. The molecule has 1 unspecified atom stereocenters. The maximum atomic E-state index is 13.0. The van der Waals surface area contributed by atoms with E-state index in [0.29, 0.717) is 12.3 Å². The molecule has 2 aromatic carbocycles. The summed E-state index contributed by atoms with van der Waals surface area (Å²) in [6.45, 7) is 5.74. The van der Waals surface area contributed by atoms with Crippen LogP contribution in [-0.2, 0) is 14.3 Å². The van der Waals surface area contributed by atoms with Gasteiger partial charge in [0.1, 0.15) is 12.6 Å². The van der Waals surface area contributed by atoms with Crippen LogP contribution in [0, 0.1) is 17.3 Å². The molecule has 7 heteroatoms. The SMILES string of the molecule is CC(C)(C)[C@H](NC(=O)OCC1c2ccccc2-c2ccccc21)C(=O)NCC(CC1CC1)C(=O)O. The van der Waals surface area contributed by atoms with Crippen LogP contribution in [0.5, 0.6) is 0 Å². The van der Waals surface area contributed by atoms with Gasteiger partial charge >= 0.3 is 12.1 Å². The first kappa shape index (κ1) is 24.8. The summed E-state index contributed by atoms with van der Waals surface area (Å²) in [6, 6.07) is 15.3. The van der Waals surface area contributed by atoms with Crippen molar-refractivity contribution in [2.75, 3.05) is 13.2 Å². The minimum absolute atomic E-state index is 0.0453. The number of hydrogen-bond acceptors (Lipinski definition) is 4. The smallest absolute Gasteiger partial charge is 0.407 e. The second-order valence-electron chi connectivity index (χ2n) is 10.7. The molecule has 2 aromatic rings. The minimum Gasteiger partial charge on any atom is -0.481 e. The Morgan fingerprint density at radius 1 is 1.00 bits per heavy atom. The number of amides is 2. The lowest BCUT2D eigenvalue weighted by molar-refractivity contribution is -0.142. The highest BCUT2D eigenvalue weighted by atomic mass is 16.5. The van der Waals surface area contributed by atoms with E-state index in [1.165, 1.54) is 0 Å². The van der Waals surface area contributed by atoms with E-state index in [-0.39, 0.29) is 19.1 Å². The molecule has 2 atom stereocenters. The quantitative estimate of drug-likeness (QED) is 0.490. The van der Waals surface area contributed by atoms with Crippen molar-refractivity contribution in [1.29, 1.82) is 0 Å². The third-order valence-corrected chi connectivity index (χ3v) is 6.92. The van der Waals surface area contributed by atoms with E-state index in [2.05, 4.69) is 22.8 Å². The van der Waals surface area contributed by atoms with E-state index in [1.54, 1.807) is 0 Å². The van der Waals surface area contributed by atoms with Crippen molar-refractivity contribution in [3.63, 3.8) is 0 Å². The second kappa shape index (κ2) is 10.1. The van der Waals surface area contributed by atoms with Gasteiger partial charge in [0.15, 0.2) is 0 Å². The van der Waals surface area contributed by atoms with Crippen LogP contribution in [0.2, 0.25) is 0 Å². The number of aliphatic carboxylic acids is 1. The minimum atomic E-state index is -0.908. The predicted octanol–water partition coefficient (Wildman–Crippen LogP) is 4.56. The lowest BCUT2D eigenvalue weighted by atomic mass is 9.86. The summed E-state index contributed by atoms with van der Waals surface area (Å²) < 4.78 is 5.62. The zero-order valence-electron chi connectivity index (χ0n) is 20.5. The lowest BCUT2D eigenvalue weighted by Crippen LogP contribution is -2.54. The van der Waals surface area contributed by atoms with Gasteiger partial charge in [-0.2, -0.15) is 0 Å². The predicted molar refractivity (Wildman–Crippen MR) is 133 cm³/mol. The van der Waals surface area contributed by atoms with Crippen LogP contribution in [0.25, 0.3) is 11.1 Å². The topological polar surface area (TPSA) is 105 Å². The fourth-order valence-corrected chi connectivity index (χ4v) is 4.79. The van der Waals surface area contributed by atoms with Gasteiger partial charge in [-0.25, -0.2) is 4.79 Å². The third kappa shape index (κ3) is 5.84. The van der Waals surface area contributed by atoms with Crippen molar-refractivity contribution in [1.82, 2.24) is 10.6 Å². The van der Waals surface area contributed by atoms with Gasteiger partial charge in [0.05, 0.1) is 5.92 Å². The Kier molecular flexibility index (Phi) is 7.15. The molecule has 0 bridgehead atoms. The van der Waals surface area contributed by atoms with Gasteiger partial charge in [-0.15, -0.1) is 0 Å². The van der Waals surface area contributed by atoms with E-state index in [9.17, 15) is 19.5 Å². The summed E-state index contributed by atoms with van der Waals surface area (Å²) in [5.41, 5.74) is 3.92. The molecule has 0 heterocycles. The Morgan fingerprint density at radius 3 is 2.09 bits per heavy atom. The standard InChI is InChI=1S/C28H34N2O5/c1-28(2,3)24(25(31)29-15-18(26(32)33)14-17-12-13-17)30-27(34)35-16-23-21-10-6-4-8-19(21)20-9-5-7-11-22(20)23/h4-11,17-18,23-24H,12-16H2,1-3H3,(H,29,31)(H,30,34)(H,32,33)/t18?,24-/m1/s1. The lowest BCUT2D eigenvalue weighted by Gasteiger charge is -2.30. The van der Waals surface area contributed by atoms with Crippen molar-refractivity contribution in [2.45, 2.75) is 52.0 Å². The van der Waals surface area contributed by atoms with Crippen LogP contribution in [0.3, 0.4) is 0 Å². The van der Waals surface area contributed by atoms with E-state index in [1.807, 2.05) is 57.2 Å². The number of fused-ring (bicyclic) bond motifs is 3. The number of benzene rings is 2. The summed E-state index contributed by atoms with van der Waals surface area (Å²) in [4.78, 5) is 37.3. The number of ether oxygens (including phenoxy) is 1. The molecule has 2 amide bonds. The summed E-state index contributed by atoms with van der Waals surface area (Å²) in [5.74, 6) is -1.58. The van der Waals surface area contributed by atoms with Gasteiger partial charge in [0.25, 0.3) is 0 Å². The Hall–Kier alpha value is -3.35. The third-order valence-electron chi connectivity index (χ3n) is 6.92. The monoisotopic (exact) mass is 478 g/mol. The zero-order chi connectivity index (χ0) is 25.2. The zero-order valence-corrected chi connectivity index (χ0v) is 20.5. The number of carboxylic acids is 1. The van der Waals surface area contributed by atoms with Gasteiger partial charge in [-0.3, -0.25) is 9.59 Å². The van der Waals surface area contributed by atoms with Crippen molar-refractivity contribution >= 4 is 18.0 Å². The van der Waals surface area contributed by atoms with E-state index in [0.717, 1.165) is 35.1 Å². The van der Waals surface area contributed by atoms with Gasteiger partial charge in [0.2, 0.25) is 5.91 Å². The Bertz CT molecular complexity index is 1060. The highest BCUT2D eigenvalue weighted by molar-refractivity contribution is 5.87. The van der Waals surface area contributed by atoms with Crippen LogP contribution in [0.1, 0.15) is 57.1 Å². The number of carboxylic acid groups (broad SMARTS) is 1. The van der Waals surface area contributed by atoms with E-state index >= 15 is 0 Å².